The van der Waals surface area contributed by atoms with Crippen molar-refractivity contribution in [1.29, 1.82) is 0 Å². The van der Waals surface area contributed by atoms with Gasteiger partial charge in [-0.15, -0.1) is 0 Å². The van der Waals surface area contributed by atoms with Crippen LogP contribution < -0.4 is 10.6 Å². The van der Waals surface area contributed by atoms with Gasteiger partial charge in [-0.25, -0.2) is 9.97 Å². The van der Waals surface area contributed by atoms with E-state index in [1.165, 1.54) is 16.5 Å². The molecule has 2 heterocycles. The maximum atomic E-state index is 5.02. The minimum absolute atomic E-state index is 0.333. The van der Waals surface area contributed by atoms with Crippen molar-refractivity contribution in [1.82, 2.24) is 20.3 Å². The molecule has 1 atom stereocenters. The summed E-state index contributed by atoms with van der Waals surface area (Å²) in [6, 6.07) is 13.1. The smallest absolute Gasteiger partial charge is 0.164 e. The van der Waals surface area contributed by atoms with Crippen molar-refractivity contribution in [3.8, 4) is 11.4 Å². The lowest BCUT2D eigenvalue weighted by Crippen LogP contribution is -2.20. The Bertz CT molecular complexity index is 1180. The molecular weight excluding hydrogens is 382 g/mol. The van der Waals surface area contributed by atoms with Crippen LogP contribution in [-0.4, -0.2) is 34.1 Å². The van der Waals surface area contributed by atoms with E-state index in [2.05, 4.69) is 79.7 Å². The van der Waals surface area contributed by atoms with Crippen LogP contribution in [0, 0.1) is 6.92 Å². The summed E-state index contributed by atoms with van der Waals surface area (Å²) in [7, 11) is 0. The number of rotatable bonds is 9. The summed E-state index contributed by atoms with van der Waals surface area (Å²) < 4.78 is 0. The Balaban J connectivity index is 1.75. The minimum atomic E-state index is 0.333. The van der Waals surface area contributed by atoms with Gasteiger partial charge >= 0.3 is 0 Å². The van der Waals surface area contributed by atoms with Gasteiger partial charge in [0.15, 0.2) is 5.82 Å². The highest BCUT2D eigenvalue weighted by Crippen LogP contribution is 2.32. The van der Waals surface area contributed by atoms with Crippen LogP contribution in [0.4, 0.5) is 5.82 Å². The standard InChI is InChI=1S/C26H33N5/c1-5-19-12-8-13-20-22(16-28-24(19)20)26-30-23-17(3)10-7-14-21(23)25(31-26)29-18(4)11-9-15-27-6-2/h7-8,10,12-14,16,18,27-28H,5-6,9,11,15H2,1-4H3,(H,29,30,31). The second kappa shape index (κ2) is 9.48. The van der Waals surface area contributed by atoms with E-state index in [0.29, 0.717) is 6.04 Å². The summed E-state index contributed by atoms with van der Waals surface area (Å²) in [6.45, 7) is 10.7. The van der Waals surface area contributed by atoms with Gasteiger partial charge in [0, 0.05) is 34.1 Å². The summed E-state index contributed by atoms with van der Waals surface area (Å²) in [6.07, 6.45) is 5.27. The maximum absolute atomic E-state index is 5.02. The first-order valence-electron chi connectivity index (χ1n) is 11.5. The number of H-pyrrole nitrogens is 1. The molecule has 0 bridgehead atoms. The molecule has 0 saturated carbocycles. The zero-order valence-corrected chi connectivity index (χ0v) is 19.0. The summed E-state index contributed by atoms with van der Waals surface area (Å²) >= 11 is 0. The van der Waals surface area contributed by atoms with Gasteiger partial charge in [0.05, 0.1) is 5.52 Å². The second-order valence-electron chi connectivity index (χ2n) is 8.30. The lowest BCUT2D eigenvalue weighted by Gasteiger charge is -2.17. The molecule has 4 rings (SSSR count). The minimum Gasteiger partial charge on any atom is -0.367 e. The Hall–Kier alpha value is -2.92. The zero-order valence-electron chi connectivity index (χ0n) is 19.0. The van der Waals surface area contributed by atoms with Gasteiger partial charge < -0.3 is 15.6 Å². The van der Waals surface area contributed by atoms with Crippen LogP contribution in [0.5, 0.6) is 0 Å². The predicted molar refractivity (Wildman–Crippen MR) is 132 cm³/mol. The topological polar surface area (TPSA) is 65.6 Å². The number of aromatic nitrogens is 3. The first kappa shape index (κ1) is 21.3. The van der Waals surface area contributed by atoms with Crippen LogP contribution in [-0.2, 0) is 6.42 Å². The van der Waals surface area contributed by atoms with E-state index in [1.807, 2.05) is 6.20 Å². The van der Waals surface area contributed by atoms with E-state index in [-0.39, 0.29) is 0 Å². The lowest BCUT2D eigenvalue weighted by atomic mass is 10.1. The van der Waals surface area contributed by atoms with Crippen LogP contribution in [0.25, 0.3) is 33.2 Å². The molecule has 31 heavy (non-hydrogen) atoms. The molecule has 2 aromatic carbocycles. The molecule has 0 spiro atoms. The predicted octanol–water partition coefficient (Wildman–Crippen LogP) is 5.84. The highest BCUT2D eigenvalue weighted by molar-refractivity contribution is 5.98. The van der Waals surface area contributed by atoms with Gasteiger partial charge in [0.1, 0.15) is 5.82 Å². The number of aromatic amines is 1. The molecule has 5 heteroatoms. The Labute approximate surface area is 184 Å². The fraction of sp³-hybridized carbons (Fsp3) is 0.385. The van der Waals surface area contributed by atoms with Gasteiger partial charge in [-0.3, -0.25) is 0 Å². The summed E-state index contributed by atoms with van der Waals surface area (Å²) in [5.41, 5.74) is 5.72. The van der Waals surface area contributed by atoms with Crippen LogP contribution in [0.2, 0.25) is 0 Å². The molecule has 0 aliphatic rings. The molecule has 0 amide bonds. The SMILES string of the molecule is CCNCCCC(C)Nc1nc(-c2c[nH]c3c(CC)cccc23)nc2c(C)cccc12. The van der Waals surface area contributed by atoms with E-state index >= 15 is 0 Å². The quantitative estimate of drug-likeness (QED) is 0.301. The molecule has 0 aliphatic heterocycles. The Morgan fingerprint density at radius 3 is 2.65 bits per heavy atom. The Morgan fingerprint density at radius 2 is 1.84 bits per heavy atom. The molecule has 0 aliphatic carbocycles. The Morgan fingerprint density at radius 1 is 1.03 bits per heavy atom. The van der Waals surface area contributed by atoms with E-state index < -0.39 is 0 Å². The van der Waals surface area contributed by atoms with Gasteiger partial charge in [-0.1, -0.05) is 44.2 Å². The molecule has 0 radical (unpaired) electrons. The zero-order chi connectivity index (χ0) is 21.8. The summed E-state index contributed by atoms with van der Waals surface area (Å²) in [5, 5.41) is 9.33. The number of nitrogens with one attached hydrogen (secondary N) is 3. The third-order valence-corrected chi connectivity index (χ3v) is 5.98. The van der Waals surface area contributed by atoms with Crippen molar-refractivity contribution in [2.75, 3.05) is 18.4 Å². The molecule has 0 saturated heterocycles. The van der Waals surface area contributed by atoms with E-state index in [4.69, 9.17) is 9.97 Å². The fourth-order valence-corrected chi connectivity index (χ4v) is 4.24. The van der Waals surface area contributed by atoms with Crippen LogP contribution >= 0.6 is 0 Å². The molecule has 0 fully saturated rings. The van der Waals surface area contributed by atoms with Gasteiger partial charge in [0.2, 0.25) is 0 Å². The van der Waals surface area contributed by atoms with Crippen LogP contribution in [0.15, 0.2) is 42.6 Å². The highest BCUT2D eigenvalue weighted by atomic mass is 15.1. The second-order valence-corrected chi connectivity index (χ2v) is 8.30. The number of anilines is 1. The molecular formula is C26H33N5. The van der Waals surface area contributed by atoms with Gasteiger partial charge in [-0.2, -0.15) is 0 Å². The number of nitrogens with zero attached hydrogens (tertiary/aromatic N) is 2. The van der Waals surface area contributed by atoms with E-state index in [0.717, 1.165) is 66.0 Å². The number of hydrogen-bond acceptors (Lipinski definition) is 4. The maximum Gasteiger partial charge on any atom is 0.164 e. The van der Waals surface area contributed by atoms with Crippen LogP contribution in [0.1, 0.15) is 44.7 Å². The lowest BCUT2D eigenvalue weighted by molar-refractivity contribution is 0.602. The summed E-state index contributed by atoms with van der Waals surface area (Å²) in [5.74, 6) is 1.68. The van der Waals surface area contributed by atoms with Crippen molar-refractivity contribution in [2.45, 2.75) is 53.0 Å². The number of fused-ring (bicyclic) bond motifs is 2. The van der Waals surface area contributed by atoms with E-state index in [1.54, 1.807) is 0 Å². The van der Waals surface area contributed by atoms with E-state index in [9.17, 15) is 0 Å². The number of benzene rings is 2. The molecule has 4 aromatic rings. The van der Waals surface area contributed by atoms with Crippen molar-refractivity contribution >= 4 is 27.6 Å². The normalized spacial score (nSPS) is 12.5. The average molecular weight is 416 g/mol. The monoisotopic (exact) mass is 415 g/mol. The highest BCUT2D eigenvalue weighted by Gasteiger charge is 2.16. The summed E-state index contributed by atoms with van der Waals surface area (Å²) in [4.78, 5) is 13.5. The number of aryl methyl sites for hydroxylation is 2. The molecule has 2 aromatic heterocycles. The van der Waals surface area contributed by atoms with Crippen molar-refractivity contribution in [3.05, 3.63) is 53.7 Å². The average Bonchev–Trinajstić information content (AvgIpc) is 3.21. The van der Waals surface area contributed by atoms with Crippen LogP contribution in [0.3, 0.4) is 0 Å². The first-order chi connectivity index (χ1) is 15.1. The first-order valence-corrected chi connectivity index (χ1v) is 11.5. The number of para-hydroxylation sites is 2. The molecule has 3 N–H and O–H groups in total. The fourth-order valence-electron chi connectivity index (χ4n) is 4.24. The molecule has 5 nitrogen and oxygen atoms in total. The van der Waals surface area contributed by atoms with Crippen molar-refractivity contribution in [3.63, 3.8) is 0 Å². The van der Waals surface area contributed by atoms with Crippen molar-refractivity contribution in [2.24, 2.45) is 0 Å². The molecule has 162 valence electrons. The number of hydrogen-bond donors (Lipinski definition) is 3. The third-order valence-electron chi connectivity index (χ3n) is 5.98. The Kier molecular flexibility index (Phi) is 6.52. The largest absolute Gasteiger partial charge is 0.367 e. The van der Waals surface area contributed by atoms with Gasteiger partial charge in [0.25, 0.3) is 0 Å². The molecule has 1 unspecified atom stereocenters. The van der Waals surface area contributed by atoms with Gasteiger partial charge in [-0.05, 0) is 63.4 Å². The third kappa shape index (κ3) is 4.42. The van der Waals surface area contributed by atoms with Crippen molar-refractivity contribution < 1.29 is 0 Å².